The molecule has 58 valence electrons. The Labute approximate surface area is 72.2 Å². The Balaban J connectivity index is 2.28. The van der Waals surface area contributed by atoms with E-state index < -0.39 is 0 Å². The van der Waals surface area contributed by atoms with Crippen LogP contribution in [0.4, 0.5) is 0 Å². The second-order valence-corrected chi connectivity index (χ2v) is 3.34. The topological polar surface area (TPSA) is 12.0 Å². The summed E-state index contributed by atoms with van der Waals surface area (Å²) in [5.74, 6) is 0. The first-order valence-electron chi connectivity index (χ1n) is 3.89. The molecule has 0 saturated carbocycles. The van der Waals surface area contributed by atoms with Gasteiger partial charge in [-0.15, -0.1) is 12.6 Å². The number of thiol groups is 1. The maximum absolute atomic E-state index is 4.39. The van der Waals surface area contributed by atoms with Crippen molar-refractivity contribution in [3.05, 3.63) is 29.8 Å². The fourth-order valence-corrected chi connectivity index (χ4v) is 1.65. The molecule has 0 bridgehead atoms. The Bertz CT molecular complexity index is 255. The molecule has 2 rings (SSSR count). The van der Waals surface area contributed by atoms with Gasteiger partial charge < -0.3 is 5.32 Å². The summed E-state index contributed by atoms with van der Waals surface area (Å²) in [5, 5.41) is 3.35. The lowest BCUT2D eigenvalue weighted by Crippen LogP contribution is -2.35. The standard InChI is InChI=1S/C9H11NS/c11-9-4-2-1-3-7(9)8-5-6-10-8/h1-4,8,10-11H,5-6H2/t8-/m1/s1. The molecule has 0 radical (unpaired) electrons. The molecule has 1 fully saturated rings. The van der Waals surface area contributed by atoms with Crippen LogP contribution < -0.4 is 5.32 Å². The molecular weight excluding hydrogens is 154 g/mol. The van der Waals surface area contributed by atoms with Gasteiger partial charge in [-0.25, -0.2) is 0 Å². The van der Waals surface area contributed by atoms with E-state index in [1.54, 1.807) is 0 Å². The van der Waals surface area contributed by atoms with E-state index in [0.29, 0.717) is 6.04 Å². The van der Waals surface area contributed by atoms with Crippen molar-refractivity contribution in [2.75, 3.05) is 6.54 Å². The molecule has 0 unspecified atom stereocenters. The maximum Gasteiger partial charge on any atom is 0.0343 e. The second kappa shape index (κ2) is 2.88. The third-order valence-electron chi connectivity index (χ3n) is 2.14. The predicted octanol–water partition coefficient (Wildman–Crippen LogP) is 2.01. The molecule has 1 nitrogen and oxygen atoms in total. The van der Waals surface area contributed by atoms with Crippen molar-refractivity contribution in [1.29, 1.82) is 0 Å². The van der Waals surface area contributed by atoms with Gasteiger partial charge in [-0.1, -0.05) is 18.2 Å². The highest BCUT2D eigenvalue weighted by atomic mass is 32.1. The van der Waals surface area contributed by atoms with Gasteiger partial charge in [0.15, 0.2) is 0 Å². The Kier molecular flexibility index (Phi) is 1.88. The van der Waals surface area contributed by atoms with Gasteiger partial charge in [-0.2, -0.15) is 0 Å². The second-order valence-electron chi connectivity index (χ2n) is 2.85. The van der Waals surface area contributed by atoms with Crippen LogP contribution in [0.15, 0.2) is 29.2 Å². The molecule has 1 aliphatic rings. The predicted molar refractivity (Wildman–Crippen MR) is 49.1 cm³/mol. The summed E-state index contributed by atoms with van der Waals surface area (Å²) in [6.07, 6.45) is 1.25. The number of hydrogen-bond acceptors (Lipinski definition) is 2. The summed E-state index contributed by atoms with van der Waals surface area (Å²) in [4.78, 5) is 1.10. The fourth-order valence-electron chi connectivity index (χ4n) is 1.34. The number of hydrogen-bond donors (Lipinski definition) is 2. The van der Waals surface area contributed by atoms with Crippen molar-refractivity contribution in [2.24, 2.45) is 0 Å². The lowest BCUT2D eigenvalue weighted by Gasteiger charge is -2.28. The van der Waals surface area contributed by atoms with Crippen molar-refractivity contribution in [3.63, 3.8) is 0 Å². The van der Waals surface area contributed by atoms with Gasteiger partial charge in [0.1, 0.15) is 0 Å². The molecule has 2 heteroatoms. The largest absolute Gasteiger partial charge is 0.310 e. The third-order valence-corrected chi connectivity index (χ3v) is 2.54. The summed E-state index contributed by atoms with van der Waals surface area (Å²) >= 11 is 4.39. The number of nitrogens with one attached hydrogen (secondary N) is 1. The average molecular weight is 165 g/mol. The van der Waals surface area contributed by atoms with Crippen LogP contribution in [0, 0.1) is 0 Å². The Morgan fingerprint density at radius 2 is 2.09 bits per heavy atom. The minimum atomic E-state index is 0.559. The van der Waals surface area contributed by atoms with Gasteiger partial charge in [0.05, 0.1) is 0 Å². The zero-order valence-corrected chi connectivity index (χ0v) is 7.14. The summed E-state index contributed by atoms with van der Waals surface area (Å²) < 4.78 is 0. The first-order chi connectivity index (χ1) is 5.38. The van der Waals surface area contributed by atoms with E-state index in [-0.39, 0.29) is 0 Å². The van der Waals surface area contributed by atoms with E-state index in [9.17, 15) is 0 Å². The molecule has 1 atom stereocenters. The Hall–Kier alpha value is -0.470. The van der Waals surface area contributed by atoms with E-state index in [1.165, 1.54) is 12.0 Å². The molecule has 11 heavy (non-hydrogen) atoms. The summed E-state index contributed by atoms with van der Waals surface area (Å²) in [5.41, 5.74) is 1.34. The molecule has 1 aromatic rings. The highest BCUT2D eigenvalue weighted by Gasteiger charge is 2.19. The van der Waals surface area contributed by atoms with Crippen LogP contribution in [-0.4, -0.2) is 6.54 Å². The van der Waals surface area contributed by atoms with E-state index >= 15 is 0 Å². The molecule has 0 aromatic heterocycles. The van der Waals surface area contributed by atoms with Crippen molar-refractivity contribution < 1.29 is 0 Å². The highest BCUT2D eigenvalue weighted by Crippen LogP contribution is 2.27. The minimum absolute atomic E-state index is 0.559. The van der Waals surface area contributed by atoms with Crippen LogP contribution in [-0.2, 0) is 0 Å². The molecule has 0 aliphatic carbocycles. The summed E-state index contributed by atoms with van der Waals surface area (Å²) in [6.45, 7) is 1.15. The Morgan fingerprint density at radius 3 is 2.64 bits per heavy atom. The zero-order chi connectivity index (χ0) is 7.68. The normalized spacial score (nSPS) is 22.8. The van der Waals surface area contributed by atoms with Crippen LogP contribution in [0.2, 0.25) is 0 Å². The fraction of sp³-hybridized carbons (Fsp3) is 0.333. The zero-order valence-electron chi connectivity index (χ0n) is 6.25. The Morgan fingerprint density at radius 1 is 1.36 bits per heavy atom. The van der Waals surface area contributed by atoms with Crippen molar-refractivity contribution in [2.45, 2.75) is 17.4 Å². The van der Waals surface area contributed by atoms with Gasteiger partial charge in [-0.05, 0) is 24.6 Å². The van der Waals surface area contributed by atoms with Crippen LogP contribution in [0.25, 0.3) is 0 Å². The molecule has 0 amide bonds. The lowest BCUT2D eigenvalue weighted by molar-refractivity contribution is 0.378. The van der Waals surface area contributed by atoms with Crippen LogP contribution >= 0.6 is 12.6 Å². The van der Waals surface area contributed by atoms with Crippen LogP contribution in [0.1, 0.15) is 18.0 Å². The van der Waals surface area contributed by atoms with Gasteiger partial charge in [0, 0.05) is 10.9 Å². The minimum Gasteiger partial charge on any atom is -0.310 e. The van der Waals surface area contributed by atoms with E-state index in [1.807, 2.05) is 12.1 Å². The lowest BCUT2D eigenvalue weighted by atomic mass is 9.98. The van der Waals surface area contributed by atoms with Gasteiger partial charge in [-0.3, -0.25) is 0 Å². The van der Waals surface area contributed by atoms with Gasteiger partial charge >= 0.3 is 0 Å². The third kappa shape index (κ3) is 1.28. The maximum atomic E-state index is 4.39. The molecule has 1 N–H and O–H groups in total. The smallest absolute Gasteiger partial charge is 0.0343 e. The van der Waals surface area contributed by atoms with Crippen LogP contribution in [0.3, 0.4) is 0 Å². The van der Waals surface area contributed by atoms with Gasteiger partial charge in [0.2, 0.25) is 0 Å². The molecular formula is C9H11NS. The first-order valence-corrected chi connectivity index (χ1v) is 4.34. The quantitative estimate of drug-likeness (QED) is 0.607. The van der Waals surface area contributed by atoms with Crippen molar-refractivity contribution in [3.8, 4) is 0 Å². The molecule has 1 saturated heterocycles. The molecule has 1 aromatic carbocycles. The van der Waals surface area contributed by atoms with Crippen molar-refractivity contribution in [1.82, 2.24) is 5.32 Å². The van der Waals surface area contributed by atoms with E-state index in [4.69, 9.17) is 0 Å². The summed E-state index contributed by atoms with van der Waals surface area (Å²) in [6, 6.07) is 8.82. The van der Waals surface area contributed by atoms with E-state index in [2.05, 4.69) is 30.1 Å². The van der Waals surface area contributed by atoms with Crippen LogP contribution in [0.5, 0.6) is 0 Å². The van der Waals surface area contributed by atoms with Crippen molar-refractivity contribution >= 4 is 12.6 Å². The number of benzene rings is 1. The average Bonchev–Trinajstić information content (AvgIpc) is 1.90. The monoisotopic (exact) mass is 165 g/mol. The van der Waals surface area contributed by atoms with E-state index in [0.717, 1.165) is 11.4 Å². The first kappa shape index (κ1) is 7.19. The summed E-state index contributed by atoms with van der Waals surface area (Å²) in [7, 11) is 0. The molecule has 1 heterocycles. The molecule has 1 aliphatic heterocycles. The SMILES string of the molecule is Sc1ccccc1[C@H]1CCN1. The highest BCUT2D eigenvalue weighted by molar-refractivity contribution is 7.80. The number of rotatable bonds is 1. The molecule has 0 spiro atoms. The van der Waals surface area contributed by atoms with Gasteiger partial charge in [0.25, 0.3) is 0 Å².